The minimum Gasteiger partial charge on any atom is -0.271 e. The number of nitrogens with one attached hydrogen (secondary N) is 1. The average molecular weight is 303 g/mol. The van der Waals surface area contributed by atoms with Crippen molar-refractivity contribution in [3.05, 3.63) is 69.7 Å². The minimum atomic E-state index is 0.0635. The molecular formula is C18H23ClN2. The van der Waals surface area contributed by atoms with Crippen LogP contribution >= 0.6 is 11.6 Å². The number of rotatable bonds is 5. The van der Waals surface area contributed by atoms with Crippen LogP contribution < -0.4 is 11.3 Å². The van der Waals surface area contributed by atoms with E-state index in [0.29, 0.717) is 5.92 Å². The predicted octanol–water partition coefficient (Wildman–Crippen LogP) is 4.52. The highest BCUT2D eigenvalue weighted by Crippen LogP contribution is 2.26. The molecule has 0 fully saturated rings. The Morgan fingerprint density at radius 3 is 2.33 bits per heavy atom. The van der Waals surface area contributed by atoms with Crippen LogP contribution in [0.25, 0.3) is 0 Å². The molecule has 0 aliphatic carbocycles. The van der Waals surface area contributed by atoms with Gasteiger partial charge in [0.15, 0.2) is 0 Å². The molecule has 0 aromatic heterocycles. The number of hydrazine groups is 1. The second-order valence-electron chi connectivity index (χ2n) is 5.77. The lowest BCUT2D eigenvalue weighted by Gasteiger charge is -2.19. The van der Waals surface area contributed by atoms with Gasteiger partial charge in [-0.3, -0.25) is 11.3 Å². The summed E-state index contributed by atoms with van der Waals surface area (Å²) in [6, 6.07) is 14.8. The normalized spacial score (nSPS) is 12.7. The van der Waals surface area contributed by atoms with E-state index in [4.69, 9.17) is 17.4 Å². The van der Waals surface area contributed by atoms with Gasteiger partial charge >= 0.3 is 0 Å². The van der Waals surface area contributed by atoms with Gasteiger partial charge in [-0.1, -0.05) is 61.8 Å². The number of benzene rings is 2. The number of nitrogens with two attached hydrogens (primary N) is 1. The van der Waals surface area contributed by atoms with Crippen molar-refractivity contribution in [2.24, 2.45) is 5.84 Å². The molecule has 0 saturated carbocycles. The fourth-order valence-electron chi connectivity index (χ4n) is 2.53. The van der Waals surface area contributed by atoms with E-state index in [2.05, 4.69) is 49.6 Å². The zero-order chi connectivity index (χ0) is 15.4. The second-order valence-corrected chi connectivity index (χ2v) is 6.18. The Hall–Kier alpha value is -1.35. The summed E-state index contributed by atoms with van der Waals surface area (Å²) in [5.74, 6) is 6.31. The molecule has 0 bridgehead atoms. The summed E-state index contributed by atoms with van der Waals surface area (Å²) in [5.41, 5.74) is 7.77. The maximum atomic E-state index is 6.20. The molecule has 1 atom stereocenters. The molecule has 0 spiro atoms. The summed E-state index contributed by atoms with van der Waals surface area (Å²) < 4.78 is 0. The Labute approximate surface area is 132 Å². The minimum absolute atomic E-state index is 0.0635. The molecule has 0 aliphatic heterocycles. The van der Waals surface area contributed by atoms with Crippen LogP contribution in [0.1, 0.15) is 48.1 Å². The van der Waals surface area contributed by atoms with Crippen molar-refractivity contribution in [1.29, 1.82) is 0 Å². The SMILES string of the molecule is Cc1c(Cl)cccc1C(Cc1ccc(C(C)C)cc1)NN. The molecule has 1 unspecified atom stereocenters. The summed E-state index contributed by atoms with van der Waals surface area (Å²) in [4.78, 5) is 0. The van der Waals surface area contributed by atoms with Crippen molar-refractivity contribution in [3.63, 3.8) is 0 Å². The van der Waals surface area contributed by atoms with E-state index in [0.717, 1.165) is 22.6 Å². The Kier molecular flexibility index (Phi) is 5.40. The van der Waals surface area contributed by atoms with Crippen LogP contribution in [0.3, 0.4) is 0 Å². The molecule has 0 radical (unpaired) electrons. The Bertz CT molecular complexity index is 591. The monoisotopic (exact) mass is 302 g/mol. The molecule has 0 saturated heterocycles. The van der Waals surface area contributed by atoms with E-state index in [-0.39, 0.29) is 6.04 Å². The van der Waals surface area contributed by atoms with Gasteiger partial charge in [-0.05, 0) is 47.6 Å². The summed E-state index contributed by atoms with van der Waals surface area (Å²) in [6.07, 6.45) is 0.843. The highest BCUT2D eigenvalue weighted by atomic mass is 35.5. The maximum Gasteiger partial charge on any atom is 0.0503 e. The Morgan fingerprint density at radius 2 is 1.76 bits per heavy atom. The number of hydrogen-bond acceptors (Lipinski definition) is 2. The zero-order valence-electron chi connectivity index (χ0n) is 12.9. The first-order valence-electron chi connectivity index (χ1n) is 7.33. The molecule has 2 aromatic carbocycles. The van der Waals surface area contributed by atoms with Gasteiger partial charge in [0.05, 0.1) is 6.04 Å². The van der Waals surface area contributed by atoms with Crippen molar-refractivity contribution in [2.75, 3.05) is 0 Å². The molecule has 0 amide bonds. The third-order valence-electron chi connectivity index (χ3n) is 3.97. The van der Waals surface area contributed by atoms with E-state index >= 15 is 0 Å². The first-order valence-corrected chi connectivity index (χ1v) is 7.70. The van der Waals surface area contributed by atoms with Gasteiger partial charge < -0.3 is 0 Å². The standard InChI is InChI=1S/C18H23ClN2/c1-12(2)15-9-7-14(8-10-15)11-18(21-20)16-5-4-6-17(19)13(16)3/h4-10,12,18,21H,11,20H2,1-3H3. The fourth-order valence-corrected chi connectivity index (χ4v) is 2.72. The van der Waals surface area contributed by atoms with E-state index < -0.39 is 0 Å². The number of halogens is 1. The van der Waals surface area contributed by atoms with Crippen LogP contribution in [-0.2, 0) is 6.42 Å². The highest BCUT2D eigenvalue weighted by molar-refractivity contribution is 6.31. The Balaban J connectivity index is 2.21. The summed E-state index contributed by atoms with van der Waals surface area (Å²) >= 11 is 6.20. The van der Waals surface area contributed by atoms with Gasteiger partial charge in [0, 0.05) is 5.02 Å². The first-order chi connectivity index (χ1) is 10.0. The third-order valence-corrected chi connectivity index (χ3v) is 4.38. The average Bonchev–Trinajstić information content (AvgIpc) is 2.48. The zero-order valence-corrected chi connectivity index (χ0v) is 13.6. The van der Waals surface area contributed by atoms with Gasteiger partial charge in [0.1, 0.15) is 0 Å². The quantitative estimate of drug-likeness (QED) is 0.629. The van der Waals surface area contributed by atoms with Gasteiger partial charge in [-0.15, -0.1) is 0 Å². The molecule has 3 heteroatoms. The van der Waals surface area contributed by atoms with E-state index in [1.165, 1.54) is 11.1 Å². The van der Waals surface area contributed by atoms with E-state index in [9.17, 15) is 0 Å². The second kappa shape index (κ2) is 7.08. The molecule has 2 aromatic rings. The molecule has 0 heterocycles. The van der Waals surface area contributed by atoms with Crippen LogP contribution in [0.2, 0.25) is 5.02 Å². The van der Waals surface area contributed by atoms with E-state index in [1.54, 1.807) is 0 Å². The molecule has 112 valence electrons. The Morgan fingerprint density at radius 1 is 1.10 bits per heavy atom. The number of hydrogen-bond donors (Lipinski definition) is 2. The molecule has 21 heavy (non-hydrogen) atoms. The summed E-state index contributed by atoms with van der Waals surface area (Å²) in [7, 11) is 0. The molecule has 0 aliphatic rings. The van der Waals surface area contributed by atoms with E-state index in [1.807, 2.05) is 19.1 Å². The third kappa shape index (κ3) is 3.85. The lowest BCUT2D eigenvalue weighted by Crippen LogP contribution is -2.30. The first kappa shape index (κ1) is 16.0. The summed E-state index contributed by atoms with van der Waals surface area (Å²) in [6.45, 7) is 6.44. The van der Waals surface area contributed by atoms with Crippen molar-refractivity contribution in [3.8, 4) is 0 Å². The van der Waals surface area contributed by atoms with Crippen LogP contribution in [0.4, 0.5) is 0 Å². The molecule has 2 rings (SSSR count). The highest BCUT2D eigenvalue weighted by Gasteiger charge is 2.14. The maximum absolute atomic E-state index is 6.20. The van der Waals surface area contributed by atoms with Crippen LogP contribution in [-0.4, -0.2) is 0 Å². The van der Waals surface area contributed by atoms with Crippen LogP contribution in [0, 0.1) is 6.92 Å². The lowest BCUT2D eigenvalue weighted by atomic mass is 9.94. The lowest BCUT2D eigenvalue weighted by molar-refractivity contribution is 0.549. The summed E-state index contributed by atoms with van der Waals surface area (Å²) in [5, 5.41) is 0.780. The van der Waals surface area contributed by atoms with Crippen LogP contribution in [0.15, 0.2) is 42.5 Å². The van der Waals surface area contributed by atoms with Crippen LogP contribution in [0.5, 0.6) is 0 Å². The molecular weight excluding hydrogens is 280 g/mol. The van der Waals surface area contributed by atoms with Gasteiger partial charge in [-0.2, -0.15) is 0 Å². The van der Waals surface area contributed by atoms with Gasteiger partial charge in [-0.25, -0.2) is 0 Å². The molecule has 2 nitrogen and oxygen atoms in total. The van der Waals surface area contributed by atoms with Crippen molar-refractivity contribution < 1.29 is 0 Å². The smallest absolute Gasteiger partial charge is 0.0503 e. The van der Waals surface area contributed by atoms with Crippen molar-refractivity contribution >= 4 is 11.6 Å². The topological polar surface area (TPSA) is 38.0 Å². The molecule has 3 N–H and O–H groups in total. The largest absolute Gasteiger partial charge is 0.271 e. The van der Waals surface area contributed by atoms with Crippen molar-refractivity contribution in [1.82, 2.24) is 5.43 Å². The predicted molar refractivity (Wildman–Crippen MR) is 90.5 cm³/mol. The van der Waals surface area contributed by atoms with Crippen molar-refractivity contribution in [2.45, 2.75) is 39.2 Å². The fraction of sp³-hybridized carbons (Fsp3) is 0.333. The van der Waals surface area contributed by atoms with Gasteiger partial charge in [0.2, 0.25) is 0 Å². The van der Waals surface area contributed by atoms with Gasteiger partial charge in [0.25, 0.3) is 0 Å².